The van der Waals surface area contributed by atoms with Crippen LogP contribution in [0.1, 0.15) is 6.42 Å². The van der Waals surface area contributed by atoms with Crippen LogP contribution < -0.4 is 0 Å². The molecule has 0 aromatic carbocycles. The quantitative estimate of drug-likeness (QED) is 0.119. The number of hydrogen-bond acceptors (Lipinski definition) is 5. The summed E-state index contributed by atoms with van der Waals surface area (Å²) < 4.78 is 9.55. The summed E-state index contributed by atoms with van der Waals surface area (Å²) in [5.41, 5.74) is 2.31. The maximum Gasteiger partial charge on any atom is 0.547 e. The fourth-order valence-electron chi connectivity index (χ4n) is 0.949. The molecule has 0 radical (unpaired) electrons. The Bertz CT molecular complexity index is 489. The maximum atomic E-state index is 11.5. The summed E-state index contributed by atoms with van der Waals surface area (Å²) in [6, 6.07) is 0. The number of ether oxygens (including phenoxy) is 2. The van der Waals surface area contributed by atoms with Gasteiger partial charge in [-0.3, -0.25) is 0 Å². The average molecular weight is 295 g/mol. The number of carbonyl (C=O) groups is 1. The summed E-state index contributed by atoms with van der Waals surface area (Å²) in [5.74, 6) is 0.913. The summed E-state index contributed by atoms with van der Waals surface area (Å²) in [5, 5.41) is 18.1. The van der Waals surface area contributed by atoms with Crippen molar-refractivity contribution in [3.8, 4) is 11.5 Å². The fourth-order valence-corrected chi connectivity index (χ4v) is 1.55. The van der Waals surface area contributed by atoms with E-state index >= 15 is 0 Å². The molecule has 1 N–H and O–H groups in total. The summed E-state index contributed by atoms with van der Waals surface area (Å²) in [6.45, 7) is 9.60. The molecule has 0 saturated carbocycles. The molecule has 0 aromatic rings. The number of rotatable bonds is 6. The van der Waals surface area contributed by atoms with Gasteiger partial charge in [0.25, 0.3) is 0 Å². The van der Waals surface area contributed by atoms with E-state index in [4.69, 9.17) is 14.9 Å². The van der Waals surface area contributed by atoms with Crippen LogP contribution >= 0.6 is 0 Å². The van der Waals surface area contributed by atoms with Gasteiger partial charge < -0.3 is 14.6 Å². The highest BCUT2D eigenvalue weighted by Crippen LogP contribution is 2.08. The van der Waals surface area contributed by atoms with Gasteiger partial charge in [-0.15, -0.1) is 12.1 Å². The van der Waals surface area contributed by atoms with Gasteiger partial charge in [0.15, 0.2) is 11.6 Å². The minimum Gasteiger partial charge on any atom is -0.475 e. The fraction of sp³-hybridized carbons (Fsp3) is 0.462. The molecule has 108 valence electrons. The molecule has 0 rings (SSSR count). The van der Waals surface area contributed by atoms with Crippen LogP contribution in [0.25, 0.3) is 4.98 Å². The van der Waals surface area contributed by atoms with E-state index in [-0.39, 0.29) is 13.2 Å². The Kier molecular flexibility index (Phi) is 7.79. The molecule has 0 aliphatic carbocycles. The number of nitrogens with zero attached hydrogens (tertiary/aromatic N) is 2. The highest BCUT2D eigenvalue weighted by molar-refractivity contribution is 6.83. The van der Waals surface area contributed by atoms with Gasteiger partial charge in [-0.1, -0.05) is 31.6 Å². The van der Waals surface area contributed by atoms with Crippen molar-refractivity contribution in [1.82, 2.24) is 0 Å². The Morgan fingerprint density at radius 2 is 2.10 bits per heavy atom. The molecule has 20 heavy (non-hydrogen) atoms. The topological polar surface area (TPSA) is 83.9 Å². The molecule has 0 spiro atoms. The molecular weight excluding hydrogens is 276 g/mol. The third-order valence-electron chi connectivity index (χ3n) is 1.80. The van der Waals surface area contributed by atoms with Crippen molar-refractivity contribution in [2.75, 3.05) is 13.2 Å². The van der Waals surface area contributed by atoms with E-state index in [9.17, 15) is 9.90 Å². The third-order valence-corrected chi connectivity index (χ3v) is 2.72. The summed E-state index contributed by atoms with van der Waals surface area (Å²) in [7, 11) is -1.53. The average Bonchev–Trinajstić information content (AvgIpc) is 2.35. The third kappa shape index (κ3) is 7.96. The zero-order valence-corrected chi connectivity index (χ0v) is 13.0. The van der Waals surface area contributed by atoms with Crippen molar-refractivity contribution in [1.29, 1.82) is 5.39 Å². The lowest BCUT2D eigenvalue weighted by Gasteiger charge is -2.03. The summed E-state index contributed by atoms with van der Waals surface area (Å²) >= 11 is 0. The van der Waals surface area contributed by atoms with Crippen LogP contribution in [-0.4, -0.2) is 32.4 Å². The Labute approximate surface area is 119 Å². The minimum absolute atomic E-state index is 0.108. The highest BCUT2D eigenvalue weighted by Gasteiger charge is 2.32. The highest BCUT2D eigenvalue weighted by atomic mass is 28.3. The molecule has 7 heteroatoms. The second-order valence-electron chi connectivity index (χ2n) is 4.81. The Morgan fingerprint density at radius 3 is 2.60 bits per heavy atom. The first-order valence-electron chi connectivity index (χ1n) is 6.01. The molecule has 0 aliphatic rings. The Hall–Kier alpha value is -2.25. The van der Waals surface area contributed by atoms with Gasteiger partial charge in [0.05, 0.1) is 6.61 Å². The van der Waals surface area contributed by atoms with Crippen molar-refractivity contribution >= 4 is 14.0 Å². The second kappa shape index (κ2) is 8.78. The predicted octanol–water partition coefficient (Wildman–Crippen LogP) is 2.58. The SMILES string of the molecule is C=CCCO/C(O)=C(\[N+]#N)C(=O)OCC#C[Si](C)(C)C. The van der Waals surface area contributed by atoms with E-state index in [1.807, 2.05) is 0 Å². The predicted molar refractivity (Wildman–Crippen MR) is 77.6 cm³/mol. The number of diazo groups is 1. The van der Waals surface area contributed by atoms with E-state index in [0.29, 0.717) is 6.42 Å². The van der Waals surface area contributed by atoms with Crippen LogP contribution in [0, 0.1) is 16.9 Å². The monoisotopic (exact) mass is 295 g/mol. The van der Waals surface area contributed by atoms with Gasteiger partial charge in [-0.2, -0.15) is 0 Å². The minimum atomic E-state index is -1.53. The number of carbonyl (C=O) groups excluding carboxylic acids is 1. The van der Waals surface area contributed by atoms with Crippen molar-refractivity contribution in [2.45, 2.75) is 26.1 Å². The Morgan fingerprint density at radius 1 is 1.45 bits per heavy atom. The number of aliphatic hydroxyl groups is 1. The van der Waals surface area contributed by atoms with Gasteiger partial charge in [-0.25, -0.2) is 4.79 Å². The normalized spacial score (nSPS) is 11.3. The van der Waals surface area contributed by atoms with Crippen LogP contribution in [0.4, 0.5) is 0 Å². The molecule has 0 saturated heterocycles. The first-order valence-corrected chi connectivity index (χ1v) is 9.51. The first kappa shape index (κ1) is 17.7. The molecule has 0 bridgehead atoms. The molecule has 0 atom stereocenters. The smallest absolute Gasteiger partial charge is 0.475 e. The van der Waals surface area contributed by atoms with Gasteiger partial charge in [-0.05, 0) is 6.42 Å². The molecule has 0 aromatic heterocycles. The lowest BCUT2D eigenvalue weighted by molar-refractivity contribution is -0.137. The van der Waals surface area contributed by atoms with Gasteiger partial charge >= 0.3 is 17.6 Å². The zero-order chi connectivity index (χ0) is 15.6. The summed E-state index contributed by atoms with van der Waals surface area (Å²) in [6.07, 6.45) is 2.05. The summed E-state index contributed by atoms with van der Waals surface area (Å²) in [4.78, 5) is 14.2. The van der Waals surface area contributed by atoms with Crippen LogP contribution in [-0.2, 0) is 14.3 Å². The van der Waals surface area contributed by atoms with E-state index in [1.54, 1.807) is 6.08 Å². The first-order chi connectivity index (χ1) is 9.31. The van der Waals surface area contributed by atoms with Crippen LogP contribution in [0.3, 0.4) is 0 Å². The van der Waals surface area contributed by atoms with Crippen LogP contribution in [0.15, 0.2) is 24.3 Å². The molecular formula is C13H19N2O4Si+. The van der Waals surface area contributed by atoms with E-state index in [0.717, 1.165) is 0 Å². The van der Waals surface area contributed by atoms with E-state index < -0.39 is 25.7 Å². The standard InChI is InChI=1S/C13H18N2O4Si/c1-5-6-8-18-12(16)11(15-14)13(17)19-9-7-10-20(2,3)4/h5H,1,6,8-9H2,2-4H3/p+1. The number of esters is 1. The van der Waals surface area contributed by atoms with E-state index in [1.165, 1.54) is 0 Å². The van der Waals surface area contributed by atoms with Crippen molar-refractivity contribution in [2.24, 2.45) is 0 Å². The van der Waals surface area contributed by atoms with Crippen LogP contribution in [0.2, 0.25) is 19.6 Å². The lowest BCUT2D eigenvalue weighted by atomic mass is 10.4. The van der Waals surface area contributed by atoms with Crippen molar-refractivity contribution < 1.29 is 19.4 Å². The molecule has 0 amide bonds. The largest absolute Gasteiger partial charge is 0.547 e. The van der Waals surface area contributed by atoms with Crippen molar-refractivity contribution in [3.63, 3.8) is 0 Å². The second-order valence-corrected chi connectivity index (χ2v) is 9.56. The maximum absolute atomic E-state index is 11.5. The van der Waals surface area contributed by atoms with Gasteiger partial charge in [0.1, 0.15) is 8.07 Å². The Balaban J connectivity index is 4.55. The molecule has 6 nitrogen and oxygen atoms in total. The van der Waals surface area contributed by atoms with Crippen LogP contribution in [0.5, 0.6) is 0 Å². The van der Waals surface area contributed by atoms with Gasteiger partial charge in [0, 0.05) is 0 Å². The zero-order valence-electron chi connectivity index (χ0n) is 12.0. The number of hydrogen-bond donors (Lipinski definition) is 1. The molecule has 0 heterocycles. The van der Waals surface area contributed by atoms with Gasteiger partial charge in [0.2, 0.25) is 5.39 Å². The van der Waals surface area contributed by atoms with Crippen molar-refractivity contribution in [3.05, 3.63) is 29.3 Å². The molecule has 0 aliphatic heterocycles. The molecule has 0 fully saturated rings. The lowest BCUT2D eigenvalue weighted by Crippen LogP contribution is -2.17. The van der Waals surface area contributed by atoms with E-state index in [2.05, 4.69) is 42.7 Å². The number of aliphatic hydroxyl groups excluding tert-OH is 1. The molecule has 0 unspecified atom stereocenters.